The van der Waals surface area contributed by atoms with Crippen molar-refractivity contribution in [1.29, 1.82) is 0 Å². The van der Waals surface area contributed by atoms with Crippen LogP contribution in [0.2, 0.25) is 38.8 Å². The largest absolute Gasteiger partial charge is 0.350 e. The zero-order valence-corrected chi connectivity index (χ0v) is 18.4. The number of carbonyl (C=O) groups excluding carboxylic acids is 1. The SMILES string of the molecule is C[Si](C)(C)C(=O)CC1(CCC2OCCO2)C[Si](C)(C)c2ccccc21. The number of hydrogen-bond acceptors (Lipinski definition) is 3. The van der Waals surface area contributed by atoms with E-state index in [1.54, 1.807) is 5.19 Å². The number of benzene rings is 1. The van der Waals surface area contributed by atoms with Gasteiger partial charge in [0.25, 0.3) is 0 Å². The van der Waals surface area contributed by atoms with Crippen molar-refractivity contribution < 1.29 is 14.3 Å². The lowest BCUT2D eigenvalue weighted by Gasteiger charge is -2.34. The van der Waals surface area contributed by atoms with Crippen LogP contribution < -0.4 is 5.19 Å². The van der Waals surface area contributed by atoms with Crippen molar-refractivity contribution in [3.63, 3.8) is 0 Å². The molecule has 0 spiro atoms. The Kier molecular flexibility index (Phi) is 5.14. The van der Waals surface area contributed by atoms with Gasteiger partial charge in [-0.05, 0) is 29.9 Å². The number of hydrogen-bond donors (Lipinski definition) is 0. The first-order valence-corrected chi connectivity index (χ1v) is 16.2. The molecule has 1 aromatic carbocycles. The molecule has 3 nitrogen and oxygen atoms in total. The van der Waals surface area contributed by atoms with E-state index in [0.29, 0.717) is 25.0 Å². The van der Waals surface area contributed by atoms with Gasteiger partial charge >= 0.3 is 0 Å². The summed E-state index contributed by atoms with van der Waals surface area (Å²) in [7, 11) is -3.31. The van der Waals surface area contributed by atoms with E-state index in [0.717, 1.165) is 12.8 Å². The van der Waals surface area contributed by atoms with Crippen molar-refractivity contribution in [2.24, 2.45) is 0 Å². The average Bonchev–Trinajstić information content (AvgIpc) is 3.11. The van der Waals surface area contributed by atoms with E-state index in [1.807, 2.05) is 0 Å². The van der Waals surface area contributed by atoms with Crippen molar-refractivity contribution in [3.05, 3.63) is 29.8 Å². The average molecular weight is 377 g/mol. The van der Waals surface area contributed by atoms with Crippen LogP contribution in [0.1, 0.15) is 24.8 Å². The van der Waals surface area contributed by atoms with Gasteiger partial charge in [0.2, 0.25) is 0 Å². The summed E-state index contributed by atoms with van der Waals surface area (Å²) in [5.41, 5.74) is 1.43. The van der Waals surface area contributed by atoms with Gasteiger partial charge in [0, 0.05) is 6.42 Å². The second-order valence-corrected chi connectivity index (χ2v) is 19.2. The fourth-order valence-corrected chi connectivity index (χ4v) is 9.45. The third-order valence-corrected chi connectivity index (χ3v) is 11.2. The fourth-order valence-electron chi connectivity index (χ4n) is 4.58. The maximum absolute atomic E-state index is 13.1. The molecule has 3 rings (SSSR count). The Morgan fingerprint density at radius 2 is 1.84 bits per heavy atom. The van der Waals surface area contributed by atoms with Gasteiger partial charge in [-0.1, -0.05) is 62.2 Å². The lowest BCUT2D eigenvalue weighted by atomic mass is 9.76. The minimum absolute atomic E-state index is 0.0149. The second kappa shape index (κ2) is 6.76. The number of rotatable bonds is 6. The summed E-state index contributed by atoms with van der Waals surface area (Å²) in [5, 5.41) is 2.05. The Bertz CT molecular complexity index is 645. The molecule has 1 fully saturated rings. The highest BCUT2D eigenvalue weighted by atomic mass is 28.3. The third kappa shape index (κ3) is 3.84. The highest BCUT2D eigenvalue weighted by molar-refractivity contribution is 7.03. The van der Waals surface area contributed by atoms with Crippen LogP contribution >= 0.6 is 0 Å². The van der Waals surface area contributed by atoms with Crippen LogP contribution in [-0.2, 0) is 19.7 Å². The lowest BCUT2D eigenvalue weighted by Crippen LogP contribution is -2.41. The van der Waals surface area contributed by atoms with Crippen LogP contribution in [0.25, 0.3) is 0 Å². The Morgan fingerprint density at radius 3 is 2.48 bits per heavy atom. The molecule has 1 atom stereocenters. The predicted molar refractivity (Wildman–Crippen MR) is 108 cm³/mol. The molecule has 2 aliphatic rings. The molecule has 2 heterocycles. The zero-order valence-electron chi connectivity index (χ0n) is 16.4. The van der Waals surface area contributed by atoms with Crippen LogP contribution in [0.5, 0.6) is 0 Å². The Labute approximate surface area is 154 Å². The number of carbonyl (C=O) groups is 1. The van der Waals surface area contributed by atoms with Crippen LogP contribution in [0.15, 0.2) is 24.3 Å². The van der Waals surface area contributed by atoms with Crippen molar-refractivity contribution in [3.8, 4) is 0 Å². The minimum atomic E-state index is -1.79. The first-order chi connectivity index (χ1) is 11.6. The third-order valence-electron chi connectivity index (χ3n) is 5.89. The van der Waals surface area contributed by atoms with Crippen LogP contribution in [0.3, 0.4) is 0 Å². The Hall–Kier alpha value is -0.756. The van der Waals surface area contributed by atoms with Crippen molar-refractivity contribution in [1.82, 2.24) is 0 Å². The molecular formula is C20H32O3Si2. The molecule has 0 N–H and O–H groups in total. The predicted octanol–water partition coefficient (Wildman–Crippen LogP) is 3.84. The van der Waals surface area contributed by atoms with Gasteiger partial charge in [-0.15, -0.1) is 0 Å². The Morgan fingerprint density at radius 1 is 1.20 bits per heavy atom. The number of ether oxygens (including phenoxy) is 2. The molecule has 5 heteroatoms. The summed E-state index contributed by atoms with van der Waals surface area (Å²) < 4.78 is 11.4. The topological polar surface area (TPSA) is 35.5 Å². The quantitative estimate of drug-likeness (QED) is 0.708. The molecule has 25 heavy (non-hydrogen) atoms. The normalized spacial score (nSPS) is 26.0. The summed E-state index contributed by atoms with van der Waals surface area (Å²) >= 11 is 0. The van der Waals surface area contributed by atoms with Gasteiger partial charge in [0.15, 0.2) is 6.29 Å². The van der Waals surface area contributed by atoms with E-state index < -0.39 is 16.1 Å². The van der Waals surface area contributed by atoms with Crippen LogP contribution in [0, 0.1) is 0 Å². The Balaban J connectivity index is 1.93. The van der Waals surface area contributed by atoms with Crippen LogP contribution in [0.4, 0.5) is 0 Å². The highest BCUT2D eigenvalue weighted by Crippen LogP contribution is 2.47. The zero-order chi connectivity index (χ0) is 18.3. The molecule has 138 valence electrons. The van der Waals surface area contributed by atoms with Crippen LogP contribution in [-0.4, -0.2) is 41.1 Å². The summed E-state index contributed by atoms with van der Waals surface area (Å²) in [4.78, 5) is 13.1. The monoisotopic (exact) mass is 376 g/mol. The van der Waals surface area contributed by atoms with Gasteiger partial charge in [0.05, 0.1) is 21.3 Å². The van der Waals surface area contributed by atoms with Gasteiger partial charge < -0.3 is 14.3 Å². The van der Waals surface area contributed by atoms with E-state index in [9.17, 15) is 4.79 Å². The summed E-state index contributed by atoms with van der Waals surface area (Å²) in [5.74, 6) is 0. The molecule has 1 aromatic rings. The molecule has 0 bridgehead atoms. The minimum Gasteiger partial charge on any atom is -0.350 e. The van der Waals surface area contributed by atoms with Gasteiger partial charge in [0.1, 0.15) is 13.5 Å². The van der Waals surface area contributed by atoms with E-state index in [4.69, 9.17) is 9.47 Å². The molecule has 2 aliphatic heterocycles. The summed E-state index contributed by atoms with van der Waals surface area (Å²) in [6.45, 7) is 12.8. The lowest BCUT2D eigenvalue weighted by molar-refractivity contribution is -0.114. The summed E-state index contributed by atoms with van der Waals surface area (Å²) in [6.07, 6.45) is 2.48. The number of fused-ring (bicyclic) bond motifs is 1. The molecule has 0 aliphatic carbocycles. The maximum atomic E-state index is 13.1. The van der Waals surface area contributed by atoms with E-state index in [-0.39, 0.29) is 11.7 Å². The molecular weight excluding hydrogens is 344 g/mol. The van der Waals surface area contributed by atoms with Gasteiger partial charge in [-0.2, -0.15) is 0 Å². The highest BCUT2D eigenvalue weighted by Gasteiger charge is 2.50. The molecule has 1 saturated heterocycles. The van der Waals surface area contributed by atoms with Gasteiger partial charge in [-0.25, -0.2) is 0 Å². The molecule has 0 saturated carbocycles. The second-order valence-electron chi connectivity index (χ2n) is 9.45. The van der Waals surface area contributed by atoms with Crippen molar-refractivity contribution >= 4 is 26.7 Å². The van der Waals surface area contributed by atoms with Gasteiger partial charge in [-0.3, -0.25) is 0 Å². The first-order valence-electron chi connectivity index (χ1n) is 9.51. The smallest absolute Gasteiger partial charge is 0.157 e. The first kappa shape index (κ1) is 19.0. The maximum Gasteiger partial charge on any atom is 0.157 e. The molecule has 0 amide bonds. The fraction of sp³-hybridized carbons (Fsp3) is 0.650. The molecule has 0 radical (unpaired) electrons. The standard InChI is InChI=1S/C20H32O3Si2/c1-24(2,3)18(21)14-20(11-10-19-22-12-13-23-19)15-25(4,5)17-9-7-6-8-16(17)20/h6-9,19H,10-15H2,1-5H3. The summed E-state index contributed by atoms with van der Waals surface area (Å²) in [6, 6.07) is 10.1. The van der Waals surface area contributed by atoms with E-state index in [2.05, 4.69) is 57.0 Å². The van der Waals surface area contributed by atoms with E-state index in [1.165, 1.54) is 11.6 Å². The van der Waals surface area contributed by atoms with Crippen molar-refractivity contribution in [2.45, 2.75) is 69.7 Å². The van der Waals surface area contributed by atoms with Crippen molar-refractivity contribution in [2.75, 3.05) is 13.2 Å². The molecule has 0 aromatic heterocycles. The van der Waals surface area contributed by atoms with E-state index >= 15 is 0 Å². The molecule has 1 unspecified atom stereocenters.